The topological polar surface area (TPSA) is 66.0 Å². The lowest BCUT2D eigenvalue weighted by atomic mass is 10.0. The molecule has 0 bridgehead atoms. The molecule has 0 saturated carbocycles. The normalized spacial score (nSPS) is 14.5. The molecule has 5 rings (SSSR count). The number of rotatable bonds is 8. The molecule has 0 amide bonds. The molecular weight excluding hydrogens is 475 g/mol. The van der Waals surface area contributed by atoms with Gasteiger partial charge in [0.2, 0.25) is 5.95 Å². The maximum Gasteiger partial charge on any atom is 0.224 e. The Kier molecular flexibility index (Phi) is 7.69. The highest BCUT2D eigenvalue weighted by molar-refractivity contribution is 6.31. The fourth-order valence-electron chi connectivity index (χ4n) is 4.39. The molecule has 1 fully saturated rings. The summed E-state index contributed by atoms with van der Waals surface area (Å²) in [7, 11) is 0. The molecular formula is C28H28ClFN6. The monoisotopic (exact) mass is 502 g/mol. The third-order valence-electron chi connectivity index (χ3n) is 6.35. The van der Waals surface area contributed by atoms with Gasteiger partial charge in [0.25, 0.3) is 0 Å². The van der Waals surface area contributed by atoms with Crippen LogP contribution in [-0.2, 0) is 13.1 Å². The lowest BCUT2D eigenvalue weighted by Crippen LogP contribution is -2.38. The summed E-state index contributed by atoms with van der Waals surface area (Å²) in [5.41, 5.74) is 3.78. The molecule has 0 aliphatic carbocycles. The number of nitrogens with one attached hydrogen (secondary N) is 2. The number of likely N-dealkylation sites (tertiary alicyclic amines) is 1. The van der Waals surface area contributed by atoms with Gasteiger partial charge in [-0.05, 0) is 48.2 Å². The first-order valence-electron chi connectivity index (χ1n) is 12.1. The summed E-state index contributed by atoms with van der Waals surface area (Å²) in [6.07, 6.45) is 5.51. The smallest absolute Gasteiger partial charge is 0.224 e. The van der Waals surface area contributed by atoms with E-state index in [1.807, 2.05) is 24.3 Å². The number of hydrogen-bond donors (Lipinski definition) is 2. The van der Waals surface area contributed by atoms with Crippen molar-refractivity contribution in [3.8, 4) is 11.1 Å². The number of nitrogens with zero attached hydrogens (tertiary/aromatic N) is 4. The summed E-state index contributed by atoms with van der Waals surface area (Å²) >= 11 is 6.08. The number of piperidine rings is 1. The first-order chi connectivity index (χ1) is 17.6. The molecule has 0 unspecified atom stereocenters. The third-order valence-corrected chi connectivity index (χ3v) is 6.64. The van der Waals surface area contributed by atoms with E-state index in [1.165, 1.54) is 11.6 Å². The molecule has 1 aliphatic rings. The van der Waals surface area contributed by atoms with E-state index in [0.29, 0.717) is 18.3 Å². The maximum atomic E-state index is 13.8. The van der Waals surface area contributed by atoms with Gasteiger partial charge in [0.1, 0.15) is 11.6 Å². The summed E-state index contributed by atoms with van der Waals surface area (Å²) in [6.45, 7) is 3.47. The molecule has 36 heavy (non-hydrogen) atoms. The SMILES string of the molecule is Fc1ccc(-c2cnc(NCc3ccccn3)nc2NC2CCN(Cc3ccccc3)CC2)cc1Cl. The fraction of sp³-hybridized carbons (Fsp3) is 0.250. The second-order valence-corrected chi connectivity index (χ2v) is 9.35. The van der Waals surface area contributed by atoms with Gasteiger partial charge < -0.3 is 10.6 Å². The van der Waals surface area contributed by atoms with Crippen molar-refractivity contribution in [2.24, 2.45) is 0 Å². The Morgan fingerprint density at radius 3 is 2.53 bits per heavy atom. The van der Waals surface area contributed by atoms with Crippen molar-refractivity contribution in [1.82, 2.24) is 19.9 Å². The van der Waals surface area contributed by atoms with E-state index in [2.05, 4.69) is 49.8 Å². The molecule has 2 aromatic heterocycles. The number of hydrogen-bond acceptors (Lipinski definition) is 6. The van der Waals surface area contributed by atoms with E-state index in [4.69, 9.17) is 16.6 Å². The molecule has 2 aromatic carbocycles. The highest BCUT2D eigenvalue weighted by atomic mass is 35.5. The van der Waals surface area contributed by atoms with Crippen molar-refractivity contribution < 1.29 is 4.39 Å². The summed E-state index contributed by atoms with van der Waals surface area (Å²) in [6, 6.07) is 21.3. The molecule has 8 heteroatoms. The van der Waals surface area contributed by atoms with Crippen LogP contribution in [0.3, 0.4) is 0 Å². The van der Waals surface area contributed by atoms with Crippen molar-refractivity contribution in [1.29, 1.82) is 0 Å². The van der Waals surface area contributed by atoms with Crippen LogP contribution in [-0.4, -0.2) is 39.0 Å². The van der Waals surface area contributed by atoms with Crippen LogP contribution in [0.1, 0.15) is 24.1 Å². The van der Waals surface area contributed by atoms with Crippen molar-refractivity contribution in [2.75, 3.05) is 23.7 Å². The molecule has 2 N–H and O–H groups in total. The predicted molar refractivity (Wildman–Crippen MR) is 142 cm³/mol. The van der Waals surface area contributed by atoms with Crippen LogP contribution in [0.5, 0.6) is 0 Å². The molecule has 1 saturated heterocycles. The minimum atomic E-state index is -0.449. The second-order valence-electron chi connectivity index (χ2n) is 8.94. The van der Waals surface area contributed by atoms with Gasteiger partial charge in [-0.1, -0.05) is 54.1 Å². The van der Waals surface area contributed by atoms with Gasteiger partial charge in [-0.2, -0.15) is 4.98 Å². The van der Waals surface area contributed by atoms with Crippen LogP contribution in [0.15, 0.2) is 79.1 Å². The average molecular weight is 503 g/mol. The number of pyridine rings is 1. The second kappa shape index (κ2) is 11.5. The van der Waals surface area contributed by atoms with Crippen molar-refractivity contribution in [3.05, 3.63) is 101 Å². The Bertz CT molecular complexity index is 1280. The zero-order valence-corrected chi connectivity index (χ0v) is 20.6. The van der Waals surface area contributed by atoms with Gasteiger partial charge in [-0.3, -0.25) is 9.88 Å². The maximum absolute atomic E-state index is 13.8. The molecule has 184 valence electrons. The summed E-state index contributed by atoms with van der Waals surface area (Å²) < 4.78 is 13.8. The van der Waals surface area contributed by atoms with E-state index in [1.54, 1.807) is 24.5 Å². The standard InChI is InChI=1S/C28H28ClFN6/c29-25-16-21(9-10-26(25)30)24-18-33-28(32-17-23-8-4-5-13-31-23)35-27(24)34-22-11-14-36(15-12-22)19-20-6-2-1-3-7-20/h1-10,13,16,18,22H,11-12,14-15,17,19H2,(H2,32,33,34,35). The minimum Gasteiger partial charge on any atom is -0.367 e. The molecule has 0 atom stereocenters. The number of aromatic nitrogens is 3. The van der Waals surface area contributed by atoms with Gasteiger partial charge in [0.05, 0.1) is 17.3 Å². The first kappa shape index (κ1) is 24.2. The zero-order valence-electron chi connectivity index (χ0n) is 19.9. The Labute approximate surface area is 215 Å². The highest BCUT2D eigenvalue weighted by Gasteiger charge is 2.21. The minimum absolute atomic E-state index is 0.0741. The van der Waals surface area contributed by atoms with Gasteiger partial charge in [-0.15, -0.1) is 0 Å². The van der Waals surface area contributed by atoms with E-state index in [0.717, 1.165) is 49.3 Å². The average Bonchev–Trinajstić information content (AvgIpc) is 2.92. The van der Waals surface area contributed by atoms with E-state index < -0.39 is 5.82 Å². The van der Waals surface area contributed by atoms with Crippen molar-refractivity contribution in [2.45, 2.75) is 32.0 Å². The van der Waals surface area contributed by atoms with Gasteiger partial charge in [0.15, 0.2) is 0 Å². The lowest BCUT2D eigenvalue weighted by Gasteiger charge is -2.33. The third kappa shape index (κ3) is 6.17. The largest absolute Gasteiger partial charge is 0.367 e. The van der Waals surface area contributed by atoms with Crippen LogP contribution < -0.4 is 10.6 Å². The van der Waals surface area contributed by atoms with Crippen LogP contribution in [0.25, 0.3) is 11.1 Å². The van der Waals surface area contributed by atoms with Crippen LogP contribution in [0.4, 0.5) is 16.2 Å². The summed E-state index contributed by atoms with van der Waals surface area (Å²) in [5, 5.41) is 6.96. The Hall–Kier alpha value is -3.55. The van der Waals surface area contributed by atoms with Crippen LogP contribution >= 0.6 is 11.6 Å². The Morgan fingerprint density at radius 1 is 0.972 bits per heavy atom. The van der Waals surface area contributed by atoms with Gasteiger partial charge >= 0.3 is 0 Å². The van der Waals surface area contributed by atoms with E-state index >= 15 is 0 Å². The van der Waals surface area contributed by atoms with Crippen LogP contribution in [0.2, 0.25) is 5.02 Å². The predicted octanol–water partition coefficient (Wildman–Crippen LogP) is 6.02. The van der Waals surface area contributed by atoms with E-state index in [9.17, 15) is 4.39 Å². The molecule has 3 heterocycles. The molecule has 0 spiro atoms. The summed E-state index contributed by atoms with van der Waals surface area (Å²) in [4.78, 5) is 16.1. The molecule has 4 aromatic rings. The Balaban J connectivity index is 1.31. The van der Waals surface area contributed by atoms with E-state index in [-0.39, 0.29) is 11.1 Å². The van der Waals surface area contributed by atoms with Crippen molar-refractivity contribution >= 4 is 23.4 Å². The molecule has 1 aliphatic heterocycles. The van der Waals surface area contributed by atoms with Crippen molar-refractivity contribution in [3.63, 3.8) is 0 Å². The fourth-order valence-corrected chi connectivity index (χ4v) is 4.58. The first-order valence-corrected chi connectivity index (χ1v) is 12.5. The quantitative estimate of drug-likeness (QED) is 0.307. The number of anilines is 2. The molecule has 6 nitrogen and oxygen atoms in total. The van der Waals surface area contributed by atoms with Crippen LogP contribution in [0, 0.1) is 5.82 Å². The lowest BCUT2D eigenvalue weighted by molar-refractivity contribution is 0.211. The number of benzene rings is 2. The molecule has 0 radical (unpaired) electrons. The zero-order chi connectivity index (χ0) is 24.7. The van der Waals surface area contributed by atoms with Gasteiger partial charge in [0, 0.05) is 43.6 Å². The highest BCUT2D eigenvalue weighted by Crippen LogP contribution is 2.31. The van der Waals surface area contributed by atoms with Gasteiger partial charge in [-0.25, -0.2) is 9.37 Å². The Morgan fingerprint density at radius 2 is 1.78 bits per heavy atom. The number of halogens is 2. The summed E-state index contributed by atoms with van der Waals surface area (Å²) in [5.74, 6) is 0.759.